The molecule has 1 aromatic heterocycles. The van der Waals surface area contributed by atoms with E-state index in [-0.39, 0.29) is 0 Å². The summed E-state index contributed by atoms with van der Waals surface area (Å²) in [7, 11) is 0. The lowest BCUT2D eigenvalue weighted by Gasteiger charge is -2.04. The smallest absolute Gasteiger partial charge is 0.0702 e. The van der Waals surface area contributed by atoms with Gasteiger partial charge in [0, 0.05) is 17.1 Å². The highest BCUT2D eigenvalue weighted by Gasteiger charge is 2.00. The second-order valence-corrected chi connectivity index (χ2v) is 4.29. The standard InChI is InChI=1S/C16H13N/c1-12-5-4-7-13(9-12)15-10-14-6-2-3-8-16(14)17-11-15/h2-11H,1H3. The van der Waals surface area contributed by atoms with Crippen LogP contribution in [0.1, 0.15) is 5.56 Å². The molecule has 0 radical (unpaired) electrons. The molecule has 1 heteroatoms. The number of aryl methyl sites for hydroxylation is 1. The van der Waals surface area contributed by atoms with Crippen molar-refractivity contribution in [3.63, 3.8) is 0 Å². The highest BCUT2D eigenvalue weighted by atomic mass is 14.6. The lowest BCUT2D eigenvalue weighted by molar-refractivity contribution is 1.40. The Kier molecular flexibility index (Phi) is 2.37. The lowest BCUT2D eigenvalue weighted by Crippen LogP contribution is -1.83. The van der Waals surface area contributed by atoms with Crippen LogP contribution in [0.4, 0.5) is 0 Å². The van der Waals surface area contributed by atoms with Crippen molar-refractivity contribution in [1.29, 1.82) is 0 Å². The van der Waals surface area contributed by atoms with Crippen molar-refractivity contribution in [2.75, 3.05) is 0 Å². The Balaban J connectivity index is 2.18. The number of hydrogen-bond acceptors (Lipinski definition) is 1. The largest absolute Gasteiger partial charge is 0.256 e. The van der Waals surface area contributed by atoms with Crippen molar-refractivity contribution < 1.29 is 0 Å². The summed E-state index contributed by atoms with van der Waals surface area (Å²) < 4.78 is 0. The Bertz CT molecular complexity index is 671. The molecule has 3 aromatic rings. The van der Waals surface area contributed by atoms with E-state index in [1.54, 1.807) is 0 Å². The van der Waals surface area contributed by atoms with Gasteiger partial charge in [-0.05, 0) is 24.6 Å². The fourth-order valence-electron chi connectivity index (χ4n) is 2.05. The van der Waals surface area contributed by atoms with Crippen LogP contribution < -0.4 is 0 Å². The van der Waals surface area contributed by atoms with Gasteiger partial charge in [0.05, 0.1) is 5.52 Å². The maximum Gasteiger partial charge on any atom is 0.0702 e. The normalized spacial score (nSPS) is 10.6. The van der Waals surface area contributed by atoms with E-state index in [1.165, 1.54) is 22.1 Å². The molecule has 2 aromatic carbocycles. The quantitative estimate of drug-likeness (QED) is 0.597. The van der Waals surface area contributed by atoms with Gasteiger partial charge in [-0.15, -0.1) is 0 Å². The number of rotatable bonds is 1. The van der Waals surface area contributed by atoms with Gasteiger partial charge in [-0.1, -0.05) is 48.0 Å². The molecule has 0 N–H and O–H groups in total. The zero-order chi connectivity index (χ0) is 11.7. The molecule has 3 rings (SSSR count). The second kappa shape index (κ2) is 4.02. The van der Waals surface area contributed by atoms with Gasteiger partial charge in [0.15, 0.2) is 0 Å². The van der Waals surface area contributed by atoms with E-state index >= 15 is 0 Å². The summed E-state index contributed by atoms with van der Waals surface area (Å²) in [5, 5.41) is 1.19. The first-order chi connectivity index (χ1) is 8.33. The summed E-state index contributed by atoms with van der Waals surface area (Å²) >= 11 is 0. The topological polar surface area (TPSA) is 12.9 Å². The third-order valence-corrected chi connectivity index (χ3v) is 2.94. The van der Waals surface area contributed by atoms with Gasteiger partial charge in [-0.25, -0.2) is 0 Å². The monoisotopic (exact) mass is 219 g/mol. The predicted octanol–water partition coefficient (Wildman–Crippen LogP) is 4.21. The minimum absolute atomic E-state index is 1.05. The molecule has 0 bridgehead atoms. The molecule has 0 saturated carbocycles. The van der Waals surface area contributed by atoms with Gasteiger partial charge in [-0.2, -0.15) is 0 Å². The van der Waals surface area contributed by atoms with E-state index in [4.69, 9.17) is 0 Å². The summed E-state index contributed by atoms with van der Waals surface area (Å²) in [5.41, 5.74) is 4.72. The Hall–Kier alpha value is -2.15. The number of fused-ring (bicyclic) bond motifs is 1. The number of aromatic nitrogens is 1. The third-order valence-electron chi connectivity index (χ3n) is 2.94. The maximum atomic E-state index is 4.49. The third kappa shape index (κ3) is 1.92. The van der Waals surface area contributed by atoms with Crippen molar-refractivity contribution in [2.24, 2.45) is 0 Å². The first-order valence-electron chi connectivity index (χ1n) is 5.75. The maximum absolute atomic E-state index is 4.49. The summed E-state index contributed by atoms with van der Waals surface area (Å²) in [4.78, 5) is 4.49. The van der Waals surface area contributed by atoms with Gasteiger partial charge >= 0.3 is 0 Å². The lowest BCUT2D eigenvalue weighted by atomic mass is 10.0. The summed E-state index contributed by atoms with van der Waals surface area (Å²) in [6, 6.07) is 18.9. The number of nitrogens with zero attached hydrogens (tertiary/aromatic N) is 1. The molecule has 0 fully saturated rings. The SMILES string of the molecule is Cc1cccc(-c2cnc3ccccc3c2)c1. The highest BCUT2D eigenvalue weighted by molar-refractivity contribution is 5.83. The molecular weight excluding hydrogens is 206 g/mol. The Morgan fingerprint density at radius 1 is 0.824 bits per heavy atom. The molecule has 0 atom stereocenters. The fraction of sp³-hybridized carbons (Fsp3) is 0.0625. The number of benzene rings is 2. The van der Waals surface area contributed by atoms with Crippen LogP contribution in [0.5, 0.6) is 0 Å². The number of hydrogen-bond donors (Lipinski definition) is 0. The number of pyridine rings is 1. The second-order valence-electron chi connectivity index (χ2n) is 4.29. The van der Waals surface area contributed by atoms with Crippen LogP contribution in [0.15, 0.2) is 60.8 Å². The van der Waals surface area contributed by atoms with Gasteiger partial charge in [0.2, 0.25) is 0 Å². The molecule has 82 valence electrons. The fourth-order valence-corrected chi connectivity index (χ4v) is 2.05. The first kappa shape index (κ1) is 10.0. The van der Waals surface area contributed by atoms with E-state index < -0.39 is 0 Å². The zero-order valence-electron chi connectivity index (χ0n) is 9.72. The predicted molar refractivity (Wildman–Crippen MR) is 71.9 cm³/mol. The van der Waals surface area contributed by atoms with Crippen molar-refractivity contribution in [1.82, 2.24) is 4.98 Å². The highest BCUT2D eigenvalue weighted by Crippen LogP contribution is 2.23. The minimum atomic E-state index is 1.05. The molecule has 0 aliphatic heterocycles. The van der Waals surface area contributed by atoms with Crippen LogP contribution >= 0.6 is 0 Å². The average Bonchev–Trinajstić information content (AvgIpc) is 2.38. The molecule has 17 heavy (non-hydrogen) atoms. The van der Waals surface area contributed by atoms with Crippen molar-refractivity contribution in [2.45, 2.75) is 6.92 Å². The van der Waals surface area contributed by atoms with E-state index in [0.29, 0.717) is 0 Å². The van der Waals surface area contributed by atoms with Crippen LogP contribution in [0.25, 0.3) is 22.0 Å². The van der Waals surface area contributed by atoms with Gasteiger partial charge in [0.1, 0.15) is 0 Å². The van der Waals surface area contributed by atoms with Crippen LogP contribution in [0.2, 0.25) is 0 Å². The van der Waals surface area contributed by atoms with E-state index in [0.717, 1.165) is 5.52 Å². The molecule has 0 spiro atoms. The molecular formula is C16H13N. The average molecular weight is 219 g/mol. The zero-order valence-corrected chi connectivity index (χ0v) is 9.72. The van der Waals surface area contributed by atoms with Crippen LogP contribution in [0.3, 0.4) is 0 Å². The van der Waals surface area contributed by atoms with Gasteiger partial charge in [0.25, 0.3) is 0 Å². The minimum Gasteiger partial charge on any atom is -0.256 e. The first-order valence-corrected chi connectivity index (χ1v) is 5.75. The summed E-state index contributed by atoms with van der Waals surface area (Å²) in [6.45, 7) is 2.11. The van der Waals surface area contributed by atoms with Crippen LogP contribution in [-0.2, 0) is 0 Å². The Labute approximate surface area is 101 Å². The summed E-state index contributed by atoms with van der Waals surface area (Å²) in [6.07, 6.45) is 1.94. The molecule has 0 aliphatic rings. The molecule has 0 aliphatic carbocycles. The van der Waals surface area contributed by atoms with E-state index in [9.17, 15) is 0 Å². The van der Waals surface area contributed by atoms with Crippen molar-refractivity contribution in [3.05, 3.63) is 66.4 Å². The molecule has 0 unspecified atom stereocenters. The van der Waals surface area contributed by atoms with Crippen molar-refractivity contribution >= 4 is 10.9 Å². The van der Waals surface area contributed by atoms with Crippen LogP contribution in [-0.4, -0.2) is 4.98 Å². The molecule has 0 amide bonds. The summed E-state index contributed by atoms with van der Waals surface area (Å²) in [5.74, 6) is 0. The molecule has 0 saturated heterocycles. The van der Waals surface area contributed by atoms with Crippen LogP contribution in [0, 0.1) is 6.92 Å². The van der Waals surface area contributed by atoms with Gasteiger partial charge in [-0.3, -0.25) is 4.98 Å². The van der Waals surface area contributed by atoms with E-state index in [2.05, 4.69) is 48.3 Å². The Morgan fingerprint density at radius 2 is 1.71 bits per heavy atom. The van der Waals surface area contributed by atoms with Gasteiger partial charge < -0.3 is 0 Å². The number of para-hydroxylation sites is 1. The van der Waals surface area contributed by atoms with E-state index in [1.807, 2.05) is 24.4 Å². The molecule has 1 nitrogen and oxygen atoms in total. The molecule has 1 heterocycles. The van der Waals surface area contributed by atoms with Crippen molar-refractivity contribution in [3.8, 4) is 11.1 Å². The Morgan fingerprint density at radius 3 is 2.59 bits per heavy atom.